The van der Waals surface area contributed by atoms with Gasteiger partial charge in [0.25, 0.3) is 5.69 Å². The van der Waals surface area contributed by atoms with Crippen molar-refractivity contribution in [3.8, 4) is 0 Å². The van der Waals surface area contributed by atoms with E-state index in [0.717, 1.165) is 19.6 Å². The minimum Gasteiger partial charge on any atom is -1.00 e. The Morgan fingerprint density at radius 3 is 2.25 bits per heavy atom. The lowest BCUT2D eigenvalue weighted by Gasteiger charge is -2.14. The smallest absolute Gasteiger partial charge is 0.338 e. The number of rotatable bonds is 7. The fraction of sp³-hybridized carbons (Fsp3) is 0.462. The van der Waals surface area contributed by atoms with Crippen LogP contribution in [0.5, 0.6) is 0 Å². The fourth-order valence-electron chi connectivity index (χ4n) is 1.69. The van der Waals surface area contributed by atoms with Gasteiger partial charge in [-0.1, -0.05) is 0 Å². The van der Waals surface area contributed by atoms with E-state index < -0.39 is 10.9 Å². The highest BCUT2D eigenvalue weighted by molar-refractivity contribution is 5.89. The van der Waals surface area contributed by atoms with Crippen LogP contribution in [0.4, 0.5) is 5.69 Å². The molecule has 0 atom stereocenters. The Balaban J connectivity index is 0.00000361. The summed E-state index contributed by atoms with van der Waals surface area (Å²) < 4.78 is 5.13. The highest BCUT2D eigenvalue weighted by Crippen LogP contribution is 2.12. The van der Waals surface area contributed by atoms with Crippen molar-refractivity contribution in [2.45, 2.75) is 13.8 Å². The number of benzene rings is 1. The Kier molecular flexibility index (Phi) is 8.51. The molecule has 7 heteroatoms. The summed E-state index contributed by atoms with van der Waals surface area (Å²) in [5, 5.41) is 10.5. The van der Waals surface area contributed by atoms with Gasteiger partial charge in [-0.25, -0.2) is 4.79 Å². The highest BCUT2D eigenvalue weighted by Gasteiger charge is 2.11. The molecule has 0 aliphatic carbocycles. The van der Waals surface area contributed by atoms with Gasteiger partial charge in [-0.15, -0.1) is 0 Å². The van der Waals surface area contributed by atoms with Gasteiger partial charge in [0.2, 0.25) is 0 Å². The summed E-state index contributed by atoms with van der Waals surface area (Å²) in [4.78, 5) is 23.0. The van der Waals surface area contributed by atoms with E-state index in [1.807, 2.05) is 0 Å². The molecule has 0 spiro atoms. The summed E-state index contributed by atoms with van der Waals surface area (Å²) in [6, 6.07) is 5.41. The van der Waals surface area contributed by atoms with Gasteiger partial charge in [0.1, 0.15) is 13.2 Å². The van der Waals surface area contributed by atoms with Crippen LogP contribution in [0.15, 0.2) is 24.3 Å². The molecule has 1 aromatic rings. The van der Waals surface area contributed by atoms with E-state index in [9.17, 15) is 14.9 Å². The summed E-state index contributed by atoms with van der Waals surface area (Å²) in [5.41, 5.74) is 0.296. The number of ether oxygens (including phenoxy) is 1. The standard InChI is InChI=1S/C13H18N2O4.ClH/c1-3-14(4-2)9-10-19-13(16)11-5-7-12(8-6-11)15(17)18;/h5-8H,3-4,9-10H2,1-2H3;1H. The zero-order valence-corrected chi connectivity index (χ0v) is 12.4. The number of nitrogens with zero attached hydrogens (tertiary/aromatic N) is 1. The topological polar surface area (TPSA) is 73.9 Å². The van der Waals surface area contributed by atoms with Gasteiger partial charge in [-0.2, -0.15) is 0 Å². The van der Waals surface area contributed by atoms with Crippen molar-refractivity contribution in [3.05, 3.63) is 39.9 Å². The minimum absolute atomic E-state index is 0. The first-order valence-corrected chi connectivity index (χ1v) is 6.33. The predicted molar refractivity (Wildman–Crippen MR) is 70.3 cm³/mol. The zero-order valence-electron chi connectivity index (χ0n) is 11.6. The Morgan fingerprint density at radius 2 is 1.80 bits per heavy atom. The monoisotopic (exact) mass is 302 g/mol. The third-order valence-electron chi connectivity index (χ3n) is 3.00. The maximum Gasteiger partial charge on any atom is 0.338 e. The zero-order chi connectivity index (χ0) is 14.3. The van der Waals surface area contributed by atoms with Crippen molar-refractivity contribution in [1.29, 1.82) is 0 Å². The van der Waals surface area contributed by atoms with Crippen molar-refractivity contribution in [2.75, 3.05) is 26.2 Å². The number of quaternary nitrogens is 1. The normalized spacial score (nSPS) is 9.95. The van der Waals surface area contributed by atoms with Crippen LogP contribution in [0.3, 0.4) is 0 Å². The highest BCUT2D eigenvalue weighted by atomic mass is 35.5. The molecule has 0 saturated carbocycles. The van der Waals surface area contributed by atoms with Crippen LogP contribution in [0.2, 0.25) is 0 Å². The predicted octanol–water partition coefficient (Wildman–Crippen LogP) is -2.32. The van der Waals surface area contributed by atoms with Crippen LogP contribution in [0.1, 0.15) is 24.2 Å². The molecule has 0 unspecified atom stereocenters. The van der Waals surface area contributed by atoms with Crippen molar-refractivity contribution in [3.63, 3.8) is 0 Å². The second-order valence-electron chi connectivity index (χ2n) is 4.15. The molecule has 0 aromatic heterocycles. The lowest BCUT2D eigenvalue weighted by atomic mass is 10.2. The van der Waals surface area contributed by atoms with Crippen LogP contribution < -0.4 is 17.3 Å². The third-order valence-corrected chi connectivity index (χ3v) is 3.00. The molecule has 1 aromatic carbocycles. The van der Waals surface area contributed by atoms with Crippen molar-refractivity contribution in [2.24, 2.45) is 0 Å². The number of halogens is 1. The molecule has 1 N–H and O–H groups in total. The lowest BCUT2D eigenvalue weighted by Crippen LogP contribution is -3.11. The van der Waals surface area contributed by atoms with Gasteiger partial charge >= 0.3 is 5.97 Å². The average molecular weight is 303 g/mol. The van der Waals surface area contributed by atoms with Gasteiger partial charge in [-0.3, -0.25) is 10.1 Å². The maximum atomic E-state index is 11.7. The summed E-state index contributed by atoms with van der Waals surface area (Å²) >= 11 is 0. The van der Waals surface area contributed by atoms with Crippen LogP contribution >= 0.6 is 0 Å². The van der Waals surface area contributed by atoms with Crippen molar-refractivity contribution >= 4 is 11.7 Å². The number of nitro benzene ring substituents is 1. The Bertz CT molecular complexity index is 433. The van der Waals surface area contributed by atoms with Gasteiger partial charge in [0.15, 0.2) is 0 Å². The molecule has 0 amide bonds. The summed E-state index contributed by atoms with van der Waals surface area (Å²) in [6.45, 7) is 7.27. The molecule has 112 valence electrons. The van der Waals surface area contributed by atoms with Gasteiger partial charge in [0, 0.05) is 12.1 Å². The molecule has 1 rings (SSSR count). The summed E-state index contributed by atoms with van der Waals surface area (Å²) in [5.74, 6) is -0.443. The molecule has 0 fully saturated rings. The quantitative estimate of drug-likeness (QED) is 0.349. The molecule has 0 radical (unpaired) electrons. The minimum atomic E-state index is -0.501. The lowest BCUT2D eigenvalue weighted by molar-refractivity contribution is -0.896. The number of nitro groups is 1. The van der Waals surface area contributed by atoms with E-state index in [1.54, 1.807) is 0 Å². The Morgan fingerprint density at radius 1 is 1.25 bits per heavy atom. The Hall–Kier alpha value is -1.66. The molecule has 0 saturated heterocycles. The van der Waals surface area contributed by atoms with Crippen LogP contribution in [0.25, 0.3) is 0 Å². The second kappa shape index (κ2) is 9.28. The number of likely N-dealkylation sites (N-methyl/N-ethyl adjacent to an activating group) is 1. The fourth-order valence-corrected chi connectivity index (χ4v) is 1.69. The number of hydrogen-bond acceptors (Lipinski definition) is 4. The number of non-ortho nitro benzene ring substituents is 1. The molecular weight excluding hydrogens is 284 g/mol. The first kappa shape index (κ1) is 18.3. The average Bonchev–Trinajstić information content (AvgIpc) is 2.43. The third kappa shape index (κ3) is 5.54. The van der Waals surface area contributed by atoms with E-state index in [-0.39, 0.29) is 18.1 Å². The number of carbonyl (C=O) groups excluding carboxylic acids is 1. The van der Waals surface area contributed by atoms with E-state index in [0.29, 0.717) is 12.2 Å². The van der Waals surface area contributed by atoms with E-state index >= 15 is 0 Å². The first-order valence-electron chi connectivity index (χ1n) is 6.33. The number of carbonyl (C=O) groups is 1. The van der Waals surface area contributed by atoms with E-state index in [1.165, 1.54) is 29.2 Å². The van der Waals surface area contributed by atoms with Crippen LogP contribution in [-0.4, -0.2) is 37.1 Å². The molecule has 0 aliphatic rings. The van der Waals surface area contributed by atoms with Crippen molar-refractivity contribution < 1.29 is 31.8 Å². The SMILES string of the molecule is CC[NH+](CC)CCOC(=O)c1ccc([N+](=O)[O-])cc1.[Cl-]. The first-order chi connectivity index (χ1) is 9.08. The second-order valence-corrected chi connectivity index (χ2v) is 4.15. The number of hydrogen-bond donors (Lipinski definition) is 1. The van der Waals surface area contributed by atoms with Crippen molar-refractivity contribution in [1.82, 2.24) is 0 Å². The number of nitrogens with one attached hydrogen (secondary N) is 1. The Labute approximate surface area is 124 Å². The summed E-state index contributed by atoms with van der Waals surface area (Å²) in [6.07, 6.45) is 0. The maximum absolute atomic E-state index is 11.7. The molecule has 6 nitrogen and oxygen atoms in total. The molecule has 0 bridgehead atoms. The molecule has 0 heterocycles. The molecular formula is C13H19ClN2O4. The molecule has 20 heavy (non-hydrogen) atoms. The van der Waals surface area contributed by atoms with Crippen LogP contribution in [0, 0.1) is 10.1 Å². The number of esters is 1. The van der Waals surface area contributed by atoms with Gasteiger partial charge in [-0.05, 0) is 26.0 Å². The summed E-state index contributed by atoms with van der Waals surface area (Å²) in [7, 11) is 0. The van der Waals surface area contributed by atoms with Gasteiger partial charge in [0.05, 0.1) is 23.6 Å². The van der Waals surface area contributed by atoms with E-state index in [4.69, 9.17) is 4.74 Å². The largest absolute Gasteiger partial charge is 1.00 e. The van der Waals surface area contributed by atoms with Crippen LogP contribution in [-0.2, 0) is 4.74 Å². The molecule has 0 aliphatic heterocycles. The van der Waals surface area contributed by atoms with Gasteiger partial charge < -0.3 is 22.0 Å². The van der Waals surface area contributed by atoms with E-state index in [2.05, 4.69) is 13.8 Å².